The van der Waals surface area contributed by atoms with E-state index in [-0.39, 0.29) is 17.9 Å². The lowest BCUT2D eigenvalue weighted by atomic mass is 9.87. The minimum atomic E-state index is -0.441. The van der Waals surface area contributed by atoms with E-state index in [1.165, 1.54) is 0 Å². The maximum absolute atomic E-state index is 13.4. The van der Waals surface area contributed by atoms with E-state index in [2.05, 4.69) is 10.6 Å². The van der Waals surface area contributed by atoms with Crippen molar-refractivity contribution in [1.29, 1.82) is 0 Å². The third-order valence-electron chi connectivity index (χ3n) is 6.39. The zero-order chi connectivity index (χ0) is 24.8. The Morgan fingerprint density at radius 2 is 1.66 bits per heavy atom. The van der Waals surface area contributed by atoms with Crippen LogP contribution in [0.25, 0.3) is 0 Å². The molecule has 2 N–H and O–H groups in total. The van der Waals surface area contributed by atoms with Crippen molar-refractivity contribution in [3.05, 3.63) is 89.5 Å². The molecule has 3 aromatic carbocycles. The summed E-state index contributed by atoms with van der Waals surface area (Å²) in [7, 11) is 3.17. The van der Waals surface area contributed by atoms with E-state index >= 15 is 0 Å². The highest BCUT2D eigenvalue weighted by Crippen LogP contribution is 2.42. The van der Waals surface area contributed by atoms with E-state index < -0.39 is 5.92 Å². The summed E-state index contributed by atoms with van der Waals surface area (Å²) in [6, 6.07) is 22.8. The zero-order valence-corrected chi connectivity index (χ0v) is 20.3. The third-order valence-corrected chi connectivity index (χ3v) is 6.39. The number of likely N-dealkylation sites (tertiary alicyclic amines) is 1. The van der Waals surface area contributed by atoms with Crippen molar-refractivity contribution in [2.24, 2.45) is 5.92 Å². The van der Waals surface area contributed by atoms with Gasteiger partial charge in [0.15, 0.2) is 11.5 Å². The molecule has 2 atom stereocenters. The Hall–Kier alpha value is -4.00. The van der Waals surface area contributed by atoms with Crippen molar-refractivity contribution in [3.8, 4) is 11.5 Å². The molecule has 0 aliphatic carbocycles. The van der Waals surface area contributed by atoms with Crippen molar-refractivity contribution >= 4 is 17.6 Å². The van der Waals surface area contributed by atoms with Crippen LogP contribution >= 0.6 is 0 Å². The van der Waals surface area contributed by atoms with Gasteiger partial charge >= 0.3 is 6.03 Å². The smallest absolute Gasteiger partial charge is 0.321 e. The lowest BCUT2D eigenvalue weighted by Gasteiger charge is -2.21. The monoisotopic (exact) mass is 473 g/mol. The van der Waals surface area contributed by atoms with Gasteiger partial charge in [-0.25, -0.2) is 4.79 Å². The van der Waals surface area contributed by atoms with E-state index in [1.807, 2.05) is 79.7 Å². The summed E-state index contributed by atoms with van der Waals surface area (Å²) < 4.78 is 11.1. The molecule has 7 heteroatoms. The second-order valence-electron chi connectivity index (χ2n) is 8.70. The fraction of sp³-hybridized carbons (Fsp3) is 0.286. The summed E-state index contributed by atoms with van der Waals surface area (Å²) >= 11 is 0. The number of aryl methyl sites for hydroxylation is 1. The molecule has 35 heavy (non-hydrogen) atoms. The van der Waals surface area contributed by atoms with Crippen LogP contribution in [0.1, 0.15) is 22.6 Å². The van der Waals surface area contributed by atoms with E-state index in [9.17, 15) is 9.59 Å². The van der Waals surface area contributed by atoms with Gasteiger partial charge in [0.1, 0.15) is 0 Å². The van der Waals surface area contributed by atoms with E-state index in [1.54, 1.807) is 19.1 Å². The molecular formula is C28H31N3O4. The molecule has 0 bridgehead atoms. The Labute approximate surface area is 206 Å². The lowest BCUT2D eigenvalue weighted by molar-refractivity contribution is -0.125. The minimum Gasteiger partial charge on any atom is -0.493 e. The largest absolute Gasteiger partial charge is 0.493 e. The van der Waals surface area contributed by atoms with Crippen LogP contribution in [-0.2, 0) is 11.3 Å². The van der Waals surface area contributed by atoms with Crippen LogP contribution in [0.2, 0.25) is 0 Å². The van der Waals surface area contributed by atoms with Crippen molar-refractivity contribution in [3.63, 3.8) is 0 Å². The van der Waals surface area contributed by atoms with Crippen LogP contribution in [-0.4, -0.2) is 44.1 Å². The Morgan fingerprint density at radius 3 is 2.34 bits per heavy atom. The third kappa shape index (κ3) is 5.57. The first-order valence-electron chi connectivity index (χ1n) is 11.6. The average molecular weight is 474 g/mol. The molecule has 1 aliphatic rings. The van der Waals surface area contributed by atoms with Gasteiger partial charge in [0, 0.05) is 36.8 Å². The highest BCUT2D eigenvalue weighted by molar-refractivity contribution is 5.91. The Bertz CT molecular complexity index is 1160. The SMILES string of the molecule is COc1cccc([C@H]2CN(C(=O)Nc3ccc(C)cc3)C[C@H]2C(=O)NCc2ccccc2)c1OC. The maximum atomic E-state index is 13.4. The summed E-state index contributed by atoms with van der Waals surface area (Å²) in [5.41, 5.74) is 3.69. The molecule has 3 amide bonds. The first kappa shape index (κ1) is 24.1. The van der Waals surface area contributed by atoms with Crippen molar-refractivity contribution in [2.75, 3.05) is 32.6 Å². The summed E-state index contributed by atoms with van der Waals surface area (Å²) in [5, 5.41) is 6.00. The van der Waals surface area contributed by atoms with Crippen molar-refractivity contribution in [2.45, 2.75) is 19.4 Å². The molecule has 3 aromatic rings. The van der Waals surface area contributed by atoms with Gasteiger partial charge in [-0.2, -0.15) is 0 Å². The molecule has 0 saturated carbocycles. The summed E-state index contributed by atoms with van der Waals surface area (Å²) in [5.74, 6) is 0.384. The molecular weight excluding hydrogens is 442 g/mol. The maximum Gasteiger partial charge on any atom is 0.321 e. The van der Waals surface area contributed by atoms with Gasteiger partial charge < -0.3 is 25.0 Å². The second kappa shape index (κ2) is 11.0. The van der Waals surface area contributed by atoms with E-state index in [4.69, 9.17) is 9.47 Å². The van der Waals surface area contributed by atoms with Crippen LogP contribution in [0, 0.1) is 12.8 Å². The molecule has 182 valence electrons. The number of urea groups is 1. The molecule has 0 unspecified atom stereocenters. The van der Waals surface area contributed by atoms with E-state index in [0.29, 0.717) is 36.8 Å². The van der Waals surface area contributed by atoms with Crippen LogP contribution in [0.5, 0.6) is 11.5 Å². The number of hydrogen-bond donors (Lipinski definition) is 2. The number of nitrogens with zero attached hydrogens (tertiary/aromatic N) is 1. The predicted octanol–water partition coefficient (Wildman–Crippen LogP) is 4.58. The molecule has 4 rings (SSSR count). The van der Waals surface area contributed by atoms with Crippen LogP contribution in [0.3, 0.4) is 0 Å². The number of nitrogens with one attached hydrogen (secondary N) is 2. The van der Waals surface area contributed by atoms with Gasteiger partial charge in [0.25, 0.3) is 0 Å². The minimum absolute atomic E-state index is 0.102. The normalized spacial score (nSPS) is 17.1. The quantitative estimate of drug-likeness (QED) is 0.527. The molecule has 1 aliphatic heterocycles. The van der Waals surface area contributed by atoms with Crippen molar-refractivity contribution < 1.29 is 19.1 Å². The van der Waals surface area contributed by atoms with Crippen LogP contribution in [0.4, 0.5) is 10.5 Å². The highest BCUT2D eigenvalue weighted by atomic mass is 16.5. The predicted molar refractivity (Wildman–Crippen MR) is 136 cm³/mol. The number of para-hydroxylation sites is 1. The highest BCUT2D eigenvalue weighted by Gasteiger charge is 2.42. The van der Waals surface area contributed by atoms with Gasteiger partial charge in [-0.15, -0.1) is 0 Å². The number of amides is 3. The first-order valence-corrected chi connectivity index (χ1v) is 11.6. The average Bonchev–Trinajstić information content (AvgIpc) is 3.34. The number of hydrogen-bond acceptors (Lipinski definition) is 4. The number of benzene rings is 3. The zero-order valence-electron chi connectivity index (χ0n) is 20.3. The summed E-state index contributed by atoms with van der Waals surface area (Å²) in [4.78, 5) is 28.2. The molecule has 0 aromatic heterocycles. The molecule has 1 fully saturated rings. The summed E-state index contributed by atoms with van der Waals surface area (Å²) in [6.07, 6.45) is 0. The van der Waals surface area contributed by atoms with Gasteiger partial charge in [0.05, 0.1) is 20.1 Å². The first-order chi connectivity index (χ1) is 17.0. The van der Waals surface area contributed by atoms with Crippen molar-refractivity contribution in [1.82, 2.24) is 10.2 Å². The molecule has 1 heterocycles. The summed E-state index contributed by atoms with van der Waals surface area (Å²) in [6.45, 7) is 3.10. The van der Waals surface area contributed by atoms with Gasteiger partial charge in [-0.05, 0) is 30.7 Å². The van der Waals surface area contributed by atoms with Crippen LogP contribution < -0.4 is 20.1 Å². The molecule has 0 radical (unpaired) electrons. The van der Waals surface area contributed by atoms with Gasteiger partial charge in [-0.3, -0.25) is 4.79 Å². The number of anilines is 1. The standard InChI is InChI=1S/C28H31N3O4/c1-19-12-14-21(15-13-19)30-28(33)31-17-23(22-10-7-11-25(34-2)26(22)35-3)24(18-31)27(32)29-16-20-8-5-4-6-9-20/h4-15,23-24H,16-18H2,1-3H3,(H,29,32)(H,30,33)/t23-,24-/m1/s1. The lowest BCUT2D eigenvalue weighted by Crippen LogP contribution is -2.36. The second-order valence-corrected chi connectivity index (χ2v) is 8.70. The molecule has 7 nitrogen and oxygen atoms in total. The van der Waals surface area contributed by atoms with E-state index in [0.717, 1.165) is 16.7 Å². The Morgan fingerprint density at radius 1 is 0.914 bits per heavy atom. The number of ether oxygens (including phenoxy) is 2. The molecule has 1 saturated heterocycles. The number of methoxy groups -OCH3 is 2. The number of carbonyl (C=O) groups is 2. The number of rotatable bonds is 7. The molecule has 0 spiro atoms. The van der Waals surface area contributed by atoms with Crippen LogP contribution in [0.15, 0.2) is 72.8 Å². The fourth-order valence-corrected chi connectivity index (χ4v) is 4.51. The topological polar surface area (TPSA) is 79.9 Å². The van der Waals surface area contributed by atoms with Gasteiger partial charge in [-0.1, -0.05) is 60.2 Å². The Balaban J connectivity index is 1.57. The fourth-order valence-electron chi connectivity index (χ4n) is 4.51. The Kier molecular flexibility index (Phi) is 7.55. The van der Waals surface area contributed by atoms with Gasteiger partial charge in [0.2, 0.25) is 5.91 Å². The number of carbonyl (C=O) groups excluding carboxylic acids is 2.